The zero-order valence-electron chi connectivity index (χ0n) is 15.3. The van der Waals surface area contributed by atoms with Crippen molar-refractivity contribution in [2.75, 3.05) is 5.32 Å². The van der Waals surface area contributed by atoms with Crippen molar-refractivity contribution < 1.29 is 14.3 Å². The van der Waals surface area contributed by atoms with Gasteiger partial charge in [-0.1, -0.05) is 41.9 Å². The standard InChI is InChI=1S/C20H18ClN3O4/c1-12(19(26)22-16-10-6-5-9-15(16)21)28-18(25)11-17-13-7-3-4-8-14(13)20(27)24(2)23-17/h3-10,12H,11H2,1-2H3,(H,22,26)/t12-/m1/s1. The van der Waals surface area contributed by atoms with Crippen LogP contribution in [0, 0.1) is 0 Å². The molecule has 7 nitrogen and oxygen atoms in total. The lowest BCUT2D eigenvalue weighted by Gasteiger charge is -2.14. The fourth-order valence-corrected chi connectivity index (χ4v) is 2.92. The summed E-state index contributed by atoms with van der Waals surface area (Å²) in [6.45, 7) is 1.47. The maximum Gasteiger partial charge on any atom is 0.312 e. The van der Waals surface area contributed by atoms with Crippen LogP contribution in [-0.2, 0) is 27.8 Å². The summed E-state index contributed by atoms with van der Waals surface area (Å²) >= 11 is 6.01. The Morgan fingerprint density at radius 3 is 2.50 bits per heavy atom. The third kappa shape index (κ3) is 4.20. The Morgan fingerprint density at radius 1 is 1.14 bits per heavy atom. The molecule has 0 saturated carbocycles. The van der Waals surface area contributed by atoms with Crippen molar-refractivity contribution in [2.45, 2.75) is 19.4 Å². The second-order valence-electron chi connectivity index (χ2n) is 6.20. The number of para-hydroxylation sites is 1. The van der Waals surface area contributed by atoms with Gasteiger partial charge in [-0.05, 0) is 25.1 Å². The Balaban J connectivity index is 1.71. The van der Waals surface area contributed by atoms with Gasteiger partial charge in [-0.2, -0.15) is 5.10 Å². The highest BCUT2D eigenvalue weighted by atomic mass is 35.5. The van der Waals surface area contributed by atoms with Crippen LogP contribution in [0.15, 0.2) is 53.3 Å². The quantitative estimate of drug-likeness (QED) is 0.666. The lowest BCUT2D eigenvalue weighted by molar-refractivity contribution is -0.152. The van der Waals surface area contributed by atoms with Gasteiger partial charge >= 0.3 is 5.97 Å². The van der Waals surface area contributed by atoms with Gasteiger partial charge in [0.1, 0.15) is 0 Å². The van der Waals surface area contributed by atoms with E-state index in [4.69, 9.17) is 16.3 Å². The van der Waals surface area contributed by atoms with E-state index in [1.807, 2.05) is 0 Å². The monoisotopic (exact) mass is 399 g/mol. The minimum Gasteiger partial charge on any atom is -0.452 e. The maximum absolute atomic E-state index is 12.3. The molecule has 1 N–H and O–H groups in total. The molecular formula is C20H18ClN3O4. The summed E-state index contributed by atoms with van der Waals surface area (Å²) < 4.78 is 6.40. The van der Waals surface area contributed by atoms with Gasteiger partial charge < -0.3 is 10.1 Å². The van der Waals surface area contributed by atoms with Gasteiger partial charge in [-0.15, -0.1) is 0 Å². The van der Waals surface area contributed by atoms with Crippen LogP contribution in [0.5, 0.6) is 0 Å². The van der Waals surface area contributed by atoms with Gasteiger partial charge in [0.25, 0.3) is 11.5 Å². The second-order valence-corrected chi connectivity index (χ2v) is 6.61. The average molecular weight is 400 g/mol. The minimum atomic E-state index is -1.03. The van der Waals surface area contributed by atoms with Gasteiger partial charge in [-0.25, -0.2) is 4.68 Å². The first-order valence-electron chi connectivity index (χ1n) is 8.56. The Bertz CT molecular complexity index is 1110. The lowest BCUT2D eigenvalue weighted by atomic mass is 10.1. The number of nitrogens with zero attached hydrogens (tertiary/aromatic N) is 2. The zero-order valence-corrected chi connectivity index (χ0v) is 16.1. The molecule has 144 valence electrons. The molecule has 3 aromatic rings. The van der Waals surface area contributed by atoms with E-state index in [9.17, 15) is 14.4 Å². The van der Waals surface area contributed by atoms with Crippen LogP contribution in [0.4, 0.5) is 5.69 Å². The first kappa shape index (κ1) is 19.6. The molecule has 28 heavy (non-hydrogen) atoms. The number of aromatic nitrogens is 2. The van der Waals surface area contributed by atoms with Crippen LogP contribution < -0.4 is 10.9 Å². The molecule has 0 unspecified atom stereocenters. The molecular weight excluding hydrogens is 382 g/mol. The van der Waals surface area contributed by atoms with Crippen molar-refractivity contribution in [1.82, 2.24) is 9.78 Å². The number of amides is 1. The number of ether oxygens (including phenoxy) is 1. The summed E-state index contributed by atoms with van der Waals surface area (Å²) in [6, 6.07) is 13.7. The number of hydrogen-bond donors (Lipinski definition) is 1. The molecule has 1 heterocycles. The molecule has 0 aliphatic heterocycles. The van der Waals surface area contributed by atoms with Crippen molar-refractivity contribution in [1.29, 1.82) is 0 Å². The van der Waals surface area contributed by atoms with Crippen molar-refractivity contribution in [3.05, 3.63) is 69.6 Å². The Kier molecular flexibility index (Phi) is 5.75. The van der Waals surface area contributed by atoms with Crippen molar-refractivity contribution in [2.24, 2.45) is 7.05 Å². The van der Waals surface area contributed by atoms with E-state index < -0.39 is 18.0 Å². The van der Waals surface area contributed by atoms with Crippen molar-refractivity contribution in [3.63, 3.8) is 0 Å². The van der Waals surface area contributed by atoms with Gasteiger partial charge in [0.2, 0.25) is 0 Å². The first-order chi connectivity index (χ1) is 13.4. The van der Waals surface area contributed by atoms with Crippen LogP contribution in [0.2, 0.25) is 5.02 Å². The second kappa shape index (κ2) is 8.22. The fraction of sp³-hybridized carbons (Fsp3) is 0.200. The van der Waals surface area contributed by atoms with E-state index in [-0.39, 0.29) is 12.0 Å². The van der Waals surface area contributed by atoms with Gasteiger partial charge in [0.05, 0.1) is 28.2 Å². The van der Waals surface area contributed by atoms with Crippen LogP contribution in [0.25, 0.3) is 10.8 Å². The van der Waals surface area contributed by atoms with Crippen molar-refractivity contribution in [3.8, 4) is 0 Å². The maximum atomic E-state index is 12.3. The molecule has 0 aliphatic carbocycles. The zero-order chi connectivity index (χ0) is 20.3. The van der Waals surface area contributed by atoms with Crippen LogP contribution in [-0.4, -0.2) is 27.8 Å². The number of carbonyl (C=O) groups excluding carboxylic acids is 2. The van der Waals surface area contributed by atoms with E-state index in [2.05, 4.69) is 10.4 Å². The molecule has 1 amide bonds. The normalized spacial score (nSPS) is 11.8. The van der Waals surface area contributed by atoms with E-state index in [1.54, 1.807) is 48.5 Å². The van der Waals surface area contributed by atoms with Gasteiger partial charge in [0, 0.05) is 12.4 Å². The Hall–Kier alpha value is -3.19. The highest BCUT2D eigenvalue weighted by Gasteiger charge is 2.20. The van der Waals surface area contributed by atoms with Crippen LogP contribution in [0.3, 0.4) is 0 Å². The third-order valence-corrected chi connectivity index (χ3v) is 4.48. The Labute approximate surface area is 165 Å². The molecule has 3 rings (SSSR count). The minimum absolute atomic E-state index is 0.168. The third-order valence-electron chi connectivity index (χ3n) is 4.15. The van der Waals surface area contributed by atoms with E-state index >= 15 is 0 Å². The smallest absolute Gasteiger partial charge is 0.312 e. The van der Waals surface area contributed by atoms with Crippen LogP contribution >= 0.6 is 11.6 Å². The summed E-state index contributed by atoms with van der Waals surface area (Å²) in [4.78, 5) is 36.7. The Morgan fingerprint density at radius 2 is 1.79 bits per heavy atom. The van der Waals surface area contributed by atoms with Crippen molar-refractivity contribution >= 4 is 39.9 Å². The summed E-state index contributed by atoms with van der Waals surface area (Å²) in [5.41, 5.74) is 0.587. The van der Waals surface area contributed by atoms with Gasteiger partial charge in [0.15, 0.2) is 6.10 Å². The van der Waals surface area contributed by atoms with Gasteiger partial charge in [-0.3, -0.25) is 14.4 Å². The molecule has 1 aromatic heterocycles. The number of fused-ring (bicyclic) bond motifs is 1. The highest BCUT2D eigenvalue weighted by Crippen LogP contribution is 2.21. The number of anilines is 1. The molecule has 0 fully saturated rings. The first-order valence-corrected chi connectivity index (χ1v) is 8.94. The summed E-state index contributed by atoms with van der Waals surface area (Å²) in [6.07, 6.45) is -1.19. The topological polar surface area (TPSA) is 90.3 Å². The number of carbonyl (C=O) groups is 2. The predicted molar refractivity (Wildman–Crippen MR) is 106 cm³/mol. The molecule has 0 aliphatic rings. The molecule has 0 bridgehead atoms. The summed E-state index contributed by atoms with van der Waals surface area (Å²) in [5, 5.41) is 8.20. The molecule has 0 radical (unpaired) electrons. The summed E-state index contributed by atoms with van der Waals surface area (Å²) in [5.74, 6) is -1.13. The molecule has 2 aromatic carbocycles. The number of esters is 1. The average Bonchev–Trinajstić information content (AvgIpc) is 2.67. The highest BCUT2D eigenvalue weighted by molar-refractivity contribution is 6.33. The SMILES string of the molecule is C[C@@H](OC(=O)Cc1nn(C)c(=O)c2ccccc12)C(=O)Nc1ccccc1Cl. The molecule has 1 atom stereocenters. The molecule has 0 saturated heterocycles. The number of nitrogens with one attached hydrogen (secondary N) is 1. The number of aryl methyl sites for hydroxylation is 1. The largest absolute Gasteiger partial charge is 0.452 e. The lowest BCUT2D eigenvalue weighted by Crippen LogP contribution is -2.31. The number of rotatable bonds is 5. The molecule has 0 spiro atoms. The van der Waals surface area contributed by atoms with E-state index in [0.717, 1.165) is 0 Å². The molecule has 8 heteroatoms. The number of hydrogen-bond acceptors (Lipinski definition) is 5. The van der Waals surface area contributed by atoms with E-state index in [0.29, 0.717) is 27.2 Å². The predicted octanol–water partition coefficient (Wildman–Crippen LogP) is 2.70. The van der Waals surface area contributed by atoms with E-state index in [1.165, 1.54) is 18.7 Å². The fourth-order valence-electron chi connectivity index (χ4n) is 2.73. The number of halogens is 1. The van der Waals surface area contributed by atoms with Crippen LogP contribution in [0.1, 0.15) is 12.6 Å². The summed E-state index contributed by atoms with van der Waals surface area (Å²) in [7, 11) is 1.52. The number of benzene rings is 2.